The lowest BCUT2D eigenvalue weighted by molar-refractivity contribution is -0.115. The van der Waals surface area contributed by atoms with Crippen LogP contribution in [-0.4, -0.2) is 89.2 Å². The number of carbonyl (C=O) groups is 3. The Bertz CT molecular complexity index is 1440. The van der Waals surface area contributed by atoms with E-state index in [1.54, 1.807) is 66.5 Å². The number of aliphatic hydroxyl groups is 1. The molecule has 0 bridgehead atoms. The number of anilines is 1. The second kappa shape index (κ2) is 16.9. The number of ether oxygens (including phenoxy) is 2. The molecule has 2 aromatic carbocycles. The molecule has 1 aliphatic heterocycles. The Morgan fingerprint density at radius 1 is 1.09 bits per heavy atom. The smallest absolute Gasteiger partial charge is 0.258 e. The van der Waals surface area contributed by atoms with Gasteiger partial charge in [-0.2, -0.15) is 0 Å². The second-order valence-corrected chi connectivity index (χ2v) is 12.1. The van der Waals surface area contributed by atoms with Gasteiger partial charge in [0, 0.05) is 56.3 Å². The highest BCUT2D eigenvalue weighted by molar-refractivity contribution is 6.00. The van der Waals surface area contributed by atoms with Gasteiger partial charge in [-0.3, -0.25) is 19.4 Å². The Kier molecular flexibility index (Phi) is 12.7. The van der Waals surface area contributed by atoms with Crippen LogP contribution in [0.1, 0.15) is 66.3 Å². The zero-order valence-corrected chi connectivity index (χ0v) is 27.2. The summed E-state index contributed by atoms with van der Waals surface area (Å²) < 4.78 is 12.7. The average Bonchev–Trinajstić information content (AvgIpc) is 3.06. The van der Waals surface area contributed by atoms with Crippen molar-refractivity contribution in [3.05, 3.63) is 89.7 Å². The van der Waals surface area contributed by atoms with Crippen molar-refractivity contribution < 1.29 is 29.0 Å². The average molecular weight is 631 g/mol. The van der Waals surface area contributed by atoms with E-state index in [2.05, 4.69) is 10.3 Å². The van der Waals surface area contributed by atoms with E-state index in [9.17, 15) is 19.5 Å². The zero-order chi connectivity index (χ0) is 33.1. The Morgan fingerprint density at radius 2 is 1.83 bits per heavy atom. The summed E-state index contributed by atoms with van der Waals surface area (Å²) >= 11 is 0. The van der Waals surface area contributed by atoms with Gasteiger partial charge >= 0.3 is 0 Å². The van der Waals surface area contributed by atoms with Crippen molar-refractivity contribution in [1.82, 2.24) is 14.8 Å². The SMILES string of the molecule is C[C@@H]1CCCCO[C@@H](CN(C)C(=O)c2ccncc2)[C@H](C)CN([C@@H](C)CO)C(=O)c2cc(NC(=O)Cc3ccccc3)ccc2O1. The van der Waals surface area contributed by atoms with Gasteiger partial charge in [0.1, 0.15) is 5.75 Å². The summed E-state index contributed by atoms with van der Waals surface area (Å²) in [6.07, 6.45) is 5.27. The number of aliphatic hydroxyl groups excluding tert-OH is 1. The highest BCUT2D eigenvalue weighted by Crippen LogP contribution is 2.28. The van der Waals surface area contributed by atoms with Crippen LogP contribution in [0.2, 0.25) is 0 Å². The number of benzene rings is 2. The number of pyridine rings is 1. The molecule has 3 aromatic rings. The van der Waals surface area contributed by atoms with E-state index in [0.717, 1.165) is 24.8 Å². The third-order valence-electron chi connectivity index (χ3n) is 8.27. The quantitative estimate of drug-likeness (QED) is 0.366. The lowest BCUT2D eigenvalue weighted by atomic mass is 10.0. The van der Waals surface area contributed by atoms with Crippen LogP contribution in [-0.2, 0) is 16.0 Å². The largest absolute Gasteiger partial charge is 0.490 e. The van der Waals surface area contributed by atoms with E-state index in [0.29, 0.717) is 35.7 Å². The summed E-state index contributed by atoms with van der Waals surface area (Å²) in [5, 5.41) is 13.1. The van der Waals surface area contributed by atoms with Gasteiger partial charge in [-0.15, -0.1) is 0 Å². The minimum absolute atomic E-state index is 0.143. The molecule has 0 unspecified atom stereocenters. The molecule has 246 valence electrons. The summed E-state index contributed by atoms with van der Waals surface area (Å²) in [6.45, 7) is 6.60. The number of rotatable bonds is 8. The summed E-state index contributed by atoms with van der Waals surface area (Å²) in [4.78, 5) is 47.6. The standard InChI is InChI=1S/C36H46N4O6/c1-25-22-40(26(2)24-41)36(44)31-21-30(38-34(42)20-28-11-6-5-7-12-28)13-14-32(31)46-27(3)10-8-9-19-45-33(25)23-39(4)35(43)29-15-17-37-18-16-29/h5-7,11-18,21,25-27,33,41H,8-10,19-20,22-24H2,1-4H3,(H,38,42)/t25-,26+,27-,33+/m1/s1. The van der Waals surface area contributed by atoms with Crippen LogP contribution < -0.4 is 10.1 Å². The molecule has 10 heteroatoms. The molecule has 0 spiro atoms. The third kappa shape index (κ3) is 9.61. The maximum atomic E-state index is 14.3. The number of hydrogen-bond acceptors (Lipinski definition) is 7. The van der Waals surface area contributed by atoms with Crippen LogP contribution in [0.3, 0.4) is 0 Å². The fraction of sp³-hybridized carbons (Fsp3) is 0.444. The molecular weight excluding hydrogens is 584 g/mol. The molecule has 1 aliphatic rings. The van der Waals surface area contributed by atoms with Crippen molar-refractivity contribution in [3.63, 3.8) is 0 Å². The number of nitrogens with zero attached hydrogens (tertiary/aromatic N) is 3. The molecule has 2 heterocycles. The highest BCUT2D eigenvalue weighted by Gasteiger charge is 2.31. The van der Waals surface area contributed by atoms with Crippen molar-refractivity contribution >= 4 is 23.4 Å². The van der Waals surface area contributed by atoms with Gasteiger partial charge in [-0.1, -0.05) is 37.3 Å². The minimum atomic E-state index is -0.513. The Labute approximate surface area is 271 Å². The highest BCUT2D eigenvalue weighted by atomic mass is 16.5. The van der Waals surface area contributed by atoms with Gasteiger partial charge in [0.15, 0.2) is 0 Å². The van der Waals surface area contributed by atoms with Gasteiger partial charge in [-0.05, 0) is 69.0 Å². The van der Waals surface area contributed by atoms with Gasteiger partial charge in [0.2, 0.25) is 5.91 Å². The fourth-order valence-electron chi connectivity index (χ4n) is 5.52. The molecule has 1 aromatic heterocycles. The Morgan fingerprint density at radius 3 is 2.54 bits per heavy atom. The van der Waals surface area contributed by atoms with Crippen molar-refractivity contribution in [1.29, 1.82) is 0 Å². The van der Waals surface area contributed by atoms with E-state index in [-0.39, 0.29) is 55.4 Å². The molecule has 3 amide bonds. The van der Waals surface area contributed by atoms with Crippen LogP contribution >= 0.6 is 0 Å². The molecule has 10 nitrogen and oxygen atoms in total. The topological polar surface area (TPSA) is 121 Å². The maximum absolute atomic E-state index is 14.3. The summed E-state index contributed by atoms with van der Waals surface area (Å²) in [5.41, 5.74) is 2.20. The number of hydrogen-bond donors (Lipinski definition) is 2. The maximum Gasteiger partial charge on any atom is 0.258 e. The van der Waals surface area contributed by atoms with Crippen LogP contribution in [0.15, 0.2) is 73.1 Å². The molecule has 0 fully saturated rings. The second-order valence-electron chi connectivity index (χ2n) is 12.1. The number of carbonyl (C=O) groups excluding carboxylic acids is 3. The Balaban J connectivity index is 1.60. The molecule has 4 rings (SSSR count). The third-order valence-corrected chi connectivity index (χ3v) is 8.27. The number of aromatic nitrogens is 1. The van der Waals surface area contributed by atoms with Crippen molar-refractivity contribution in [2.45, 2.75) is 64.7 Å². The number of likely N-dealkylation sites (N-methyl/N-ethyl adjacent to an activating group) is 1. The van der Waals surface area contributed by atoms with Gasteiger partial charge < -0.3 is 29.7 Å². The van der Waals surface area contributed by atoms with Crippen LogP contribution in [0.4, 0.5) is 5.69 Å². The molecule has 0 saturated carbocycles. The lowest BCUT2D eigenvalue weighted by Gasteiger charge is -2.36. The fourth-order valence-corrected chi connectivity index (χ4v) is 5.52. The lowest BCUT2D eigenvalue weighted by Crippen LogP contribution is -2.48. The van der Waals surface area contributed by atoms with Gasteiger partial charge in [0.05, 0.1) is 36.8 Å². The number of nitrogens with one attached hydrogen (secondary N) is 1. The molecule has 0 saturated heterocycles. The first kappa shape index (κ1) is 34.6. The molecule has 0 aliphatic carbocycles. The van der Waals surface area contributed by atoms with Crippen LogP contribution in [0.5, 0.6) is 5.75 Å². The predicted octanol–water partition coefficient (Wildman–Crippen LogP) is 4.83. The summed E-state index contributed by atoms with van der Waals surface area (Å²) in [7, 11) is 1.74. The molecule has 46 heavy (non-hydrogen) atoms. The normalized spacial score (nSPS) is 20.1. The number of amides is 3. The van der Waals surface area contributed by atoms with E-state index in [1.165, 1.54) is 0 Å². The molecule has 0 radical (unpaired) electrons. The van der Waals surface area contributed by atoms with Crippen molar-refractivity contribution in [2.24, 2.45) is 5.92 Å². The van der Waals surface area contributed by atoms with Crippen LogP contribution in [0, 0.1) is 5.92 Å². The van der Waals surface area contributed by atoms with Crippen LogP contribution in [0.25, 0.3) is 0 Å². The summed E-state index contributed by atoms with van der Waals surface area (Å²) in [5.74, 6) is -0.435. The van der Waals surface area contributed by atoms with E-state index >= 15 is 0 Å². The molecule has 4 atom stereocenters. The first-order chi connectivity index (χ1) is 22.2. The first-order valence-electron chi connectivity index (χ1n) is 16.0. The van der Waals surface area contributed by atoms with E-state index in [4.69, 9.17) is 9.47 Å². The van der Waals surface area contributed by atoms with Crippen molar-refractivity contribution in [2.75, 3.05) is 38.7 Å². The van der Waals surface area contributed by atoms with Gasteiger partial charge in [-0.25, -0.2) is 0 Å². The molecular formula is C36H46N4O6. The zero-order valence-electron chi connectivity index (χ0n) is 27.2. The predicted molar refractivity (Wildman–Crippen MR) is 177 cm³/mol. The summed E-state index contributed by atoms with van der Waals surface area (Å²) in [6, 6.07) is 17.4. The van der Waals surface area contributed by atoms with E-state index in [1.807, 2.05) is 44.2 Å². The first-order valence-corrected chi connectivity index (χ1v) is 16.0. The molecule has 2 N–H and O–H groups in total. The Hall–Kier alpha value is -4.28. The number of fused-ring (bicyclic) bond motifs is 1. The van der Waals surface area contributed by atoms with E-state index < -0.39 is 6.04 Å². The van der Waals surface area contributed by atoms with Gasteiger partial charge in [0.25, 0.3) is 11.8 Å². The minimum Gasteiger partial charge on any atom is -0.490 e. The van der Waals surface area contributed by atoms with Crippen molar-refractivity contribution in [3.8, 4) is 5.75 Å². The monoisotopic (exact) mass is 630 g/mol.